The lowest BCUT2D eigenvalue weighted by Gasteiger charge is -2.43. The van der Waals surface area contributed by atoms with Crippen LogP contribution in [-0.4, -0.2) is 42.1 Å². The number of rotatable bonds is 1. The molecule has 1 aromatic rings. The molecule has 16 heavy (non-hydrogen) atoms. The van der Waals surface area contributed by atoms with Crippen LogP contribution >= 0.6 is 22.9 Å². The number of piperidine rings is 1. The van der Waals surface area contributed by atoms with Crippen LogP contribution in [0.15, 0.2) is 5.38 Å². The van der Waals surface area contributed by atoms with Crippen molar-refractivity contribution < 1.29 is 0 Å². The van der Waals surface area contributed by atoms with Crippen molar-refractivity contribution >= 4 is 28.1 Å². The predicted octanol–water partition coefficient (Wildman–Crippen LogP) is 2.47. The zero-order valence-electron chi connectivity index (χ0n) is 9.23. The molecule has 3 nitrogen and oxygen atoms in total. The first-order valence-corrected chi connectivity index (χ1v) is 7.19. The maximum atomic E-state index is 5.88. The molecule has 0 saturated carbocycles. The summed E-state index contributed by atoms with van der Waals surface area (Å²) < 4.78 is 0. The minimum atomic E-state index is 0.631. The molecule has 0 radical (unpaired) electrons. The lowest BCUT2D eigenvalue weighted by Crippen LogP contribution is -2.54. The van der Waals surface area contributed by atoms with Crippen LogP contribution in [-0.2, 0) is 0 Å². The zero-order valence-corrected chi connectivity index (χ0v) is 10.8. The van der Waals surface area contributed by atoms with Gasteiger partial charge in [0.15, 0.2) is 5.13 Å². The summed E-state index contributed by atoms with van der Waals surface area (Å²) in [5.74, 6) is 0. The van der Waals surface area contributed by atoms with Crippen molar-refractivity contribution in [2.75, 3.05) is 31.1 Å². The van der Waals surface area contributed by atoms with E-state index in [1.165, 1.54) is 32.4 Å². The van der Waals surface area contributed by atoms with Gasteiger partial charge in [0.2, 0.25) is 0 Å². The number of halogens is 1. The lowest BCUT2D eigenvalue weighted by atomic mass is 10.00. The van der Waals surface area contributed by atoms with E-state index in [-0.39, 0.29) is 0 Å². The van der Waals surface area contributed by atoms with Crippen molar-refractivity contribution in [2.24, 2.45) is 0 Å². The maximum Gasteiger partial charge on any atom is 0.186 e. The summed E-state index contributed by atoms with van der Waals surface area (Å²) in [4.78, 5) is 9.39. The summed E-state index contributed by atoms with van der Waals surface area (Å²) in [7, 11) is 0. The highest BCUT2D eigenvalue weighted by atomic mass is 35.5. The van der Waals surface area contributed by atoms with Gasteiger partial charge in [-0.2, -0.15) is 0 Å². The first kappa shape index (κ1) is 10.8. The predicted molar refractivity (Wildman–Crippen MR) is 68.5 cm³/mol. The number of aromatic nitrogens is 1. The van der Waals surface area contributed by atoms with E-state index in [1.54, 1.807) is 11.3 Å². The molecule has 2 aliphatic heterocycles. The molecule has 3 heterocycles. The van der Waals surface area contributed by atoms with Gasteiger partial charge < -0.3 is 4.90 Å². The third-order valence-corrected chi connectivity index (χ3v) is 4.80. The van der Waals surface area contributed by atoms with Gasteiger partial charge >= 0.3 is 0 Å². The molecule has 2 saturated heterocycles. The van der Waals surface area contributed by atoms with E-state index < -0.39 is 0 Å². The Morgan fingerprint density at radius 2 is 2.25 bits per heavy atom. The molecule has 5 heteroatoms. The highest BCUT2D eigenvalue weighted by Gasteiger charge is 2.29. The van der Waals surface area contributed by atoms with Crippen LogP contribution in [0.2, 0.25) is 5.15 Å². The molecule has 2 aliphatic rings. The van der Waals surface area contributed by atoms with Crippen LogP contribution in [0.4, 0.5) is 5.13 Å². The molecule has 2 fully saturated rings. The number of hydrogen-bond acceptors (Lipinski definition) is 4. The summed E-state index contributed by atoms with van der Waals surface area (Å²) in [6.45, 7) is 4.70. The highest BCUT2D eigenvalue weighted by Crippen LogP contribution is 2.28. The van der Waals surface area contributed by atoms with E-state index in [0.717, 1.165) is 24.3 Å². The average molecular weight is 258 g/mol. The number of hydrogen-bond donors (Lipinski definition) is 0. The largest absolute Gasteiger partial charge is 0.345 e. The van der Waals surface area contributed by atoms with Crippen LogP contribution in [0.1, 0.15) is 19.3 Å². The number of fused-ring (bicyclic) bond motifs is 1. The van der Waals surface area contributed by atoms with Crippen molar-refractivity contribution in [3.8, 4) is 0 Å². The van der Waals surface area contributed by atoms with Gasteiger partial charge in [0, 0.05) is 31.1 Å². The highest BCUT2D eigenvalue weighted by molar-refractivity contribution is 7.14. The van der Waals surface area contributed by atoms with Gasteiger partial charge in [-0.05, 0) is 19.4 Å². The van der Waals surface area contributed by atoms with Crippen molar-refractivity contribution in [3.63, 3.8) is 0 Å². The van der Waals surface area contributed by atoms with E-state index in [9.17, 15) is 0 Å². The van der Waals surface area contributed by atoms with Crippen molar-refractivity contribution in [1.82, 2.24) is 9.88 Å². The second-order valence-electron chi connectivity index (χ2n) is 4.58. The molecular formula is C11H16ClN3S. The topological polar surface area (TPSA) is 19.4 Å². The van der Waals surface area contributed by atoms with Gasteiger partial charge in [-0.3, -0.25) is 4.90 Å². The van der Waals surface area contributed by atoms with Crippen molar-refractivity contribution in [2.45, 2.75) is 25.3 Å². The fourth-order valence-electron chi connectivity index (χ4n) is 2.72. The Balaban J connectivity index is 1.70. The Morgan fingerprint density at radius 3 is 3.06 bits per heavy atom. The first-order valence-electron chi connectivity index (χ1n) is 5.93. The molecule has 88 valence electrons. The monoisotopic (exact) mass is 257 g/mol. The normalized spacial score (nSPS) is 26.8. The molecular weight excluding hydrogens is 242 g/mol. The van der Waals surface area contributed by atoms with E-state index in [2.05, 4.69) is 14.8 Å². The number of thiazole rings is 1. The zero-order chi connectivity index (χ0) is 11.0. The van der Waals surface area contributed by atoms with Crippen LogP contribution < -0.4 is 4.90 Å². The standard InChI is InChI=1S/C11H16ClN3S/c12-10-8-16-11(13-10)15-6-5-14-4-2-1-3-9(14)7-15/h8-9H,1-7H2. The molecule has 1 unspecified atom stereocenters. The van der Waals surface area contributed by atoms with Gasteiger partial charge in [0.25, 0.3) is 0 Å². The molecule has 3 rings (SSSR count). The summed E-state index contributed by atoms with van der Waals surface area (Å²) in [6.07, 6.45) is 4.10. The molecule has 1 aromatic heterocycles. The summed E-state index contributed by atoms with van der Waals surface area (Å²) in [6, 6.07) is 0.741. The second-order valence-corrected chi connectivity index (χ2v) is 5.81. The average Bonchev–Trinajstić information content (AvgIpc) is 2.75. The van der Waals surface area contributed by atoms with Crippen molar-refractivity contribution in [1.29, 1.82) is 0 Å². The number of nitrogens with zero attached hydrogens (tertiary/aromatic N) is 3. The Hall–Kier alpha value is -0.320. The molecule has 0 aromatic carbocycles. The van der Waals surface area contributed by atoms with E-state index in [1.807, 2.05) is 5.38 Å². The van der Waals surface area contributed by atoms with Crippen molar-refractivity contribution in [3.05, 3.63) is 10.5 Å². The van der Waals surface area contributed by atoms with Crippen LogP contribution in [0.3, 0.4) is 0 Å². The minimum Gasteiger partial charge on any atom is -0.345 e. The Kier molecular flexibility index (Phi) is 3.05. The summed E-state index contributed by atoms with van der Waals surface area (Å²) in [5, 5.41) is 3.64. The summed E-state index contributed by atoms with van der Waals surface area (Å²) >= 11 is 7.54. The Morgan fingerprint density at radius 1 is 1.31 bits per heavy atom. The Labute approximate surface area is 105 Å². The molecule has 0 amide bonds. The third kappa shape index (κ3) is 2.06. The molecule has 0 aliphatic carbocycles. The number of anilines is 1. The van der Waals surface area contributed by atoms with Gasteiger partial charge in [-0.1, -0.05) is 18.0 Å². The van der Waals surface area contributed by atoms with Crippen LogP contribution in [0.25, 0.3) is 0 Å². The Bertz CT molecular complexity index is 368. The van der Waals surface area contributed by atoms with E-state index in [0.29, 0.717) is 5.15 Å². The van der Waals surface area contributed by atoms with Crippen LogP contribution in [0.5, 0.6) is 0 Å². The van der Waals surface area contributed by atoms with Gasteiger partial charge in [0.1, 0.15) is 5.15 Å². The fourth-order valence-corrected chi connectivity index (χ4v) is 3.71. The van der Waals surface area contributed by atoms with Gasteiger partial charge in [-0.25, -0.2) is 4.98 Å². The number of piperazine rings is 1. The minimum absolute atomic E-state index is 0.631. The molecule has 0 spiro atoms. The van der Waals surface area contributed by atoms with Crippen LogP contribution in [0, 0.1) is 0 Å². The molecule has 0 N–H and O–H groups in total. The maximum absolute atomic E-state index is 5.88. The quantitative estimate of drug-likeness (QED) is 0.771. The molecule has 0 bridgehead atoms. The first-order chi connectivity index (χ1) is 7.83. The SMILES string of the molecule is Clc1csc(N2CCN3CCCCC3C2)n1. The third-order valence-electron chi connectivity index (χ3n) is 3.57. The smallest absolute Gasteiger partial charge is 0.186 e. The van der Waals surface area contributed by atoms with E-state index >= 15 is 0 Å². The van der Waals surface area contributed by atoms with Gasteiger partial charge in [-0.15, -0.1) is 11.3 Å². The second kappa shape index (κ2) is 4.51. The van der Waals surface area contributed by atoms with E-state index in [4.69, 9.17) is 11.6 Å². The fraction of sp³-hybridized carbons (Fsp3) is 0.727. The van der Waals surface area contributed by atoms with Gasteiger partial charge in [0.05, 0.1) is 0 Å². The molecule has 1 atom stereocenters. The summed E-state index contributed by atoms with van der Waals surface area (Å²) in [5.41, 5.74) is 0. The lowest BCUT2D eigenvalue weighted by molar-refractivity contribution is 0.133.